The molecule has 1 saturated heterocycles. The Labute approximate surface area is 120 Å². The van der Waals surface area contributed by atoms with Gasteiger partial charge in [-0.15, -0.1) is 6.58 Å². The molecule has 1 heterocycles. The summed E-state index contributed by atoms with van der Waals surface area (Å²) in [5.41, 5.74) is 0. The van der Waals surface area contributed by atoms with Crippen molar-refractivity contribution >= 4 is 0 Å². The summed E-state index contributed by atoms with van der Waals surface area (Å²) in [7, 11) is 1.59. The Kier molecular flexibility index (Phi) is 10.8. The van der Waals surface area contributed by atoms with Crippen LogP contribution in [0.15, 0.2) is 12.7 Å². The predicted octanol–water partition coefficient (Wildman–Crippen LogP) is 1.00. The molecule has 0 saturated carbocycles. The summed E-state index contributed by atoms with van der Waals surface area (Å²) in [6.45, 7) is 8.08. The zero-order chi connectivity index (χ0) is 14.5. The average molecular weight is 290 g/mol. The Morgan fingerprint density at radius 2 is 2.00 bits per heavy atom. The van der Waals surface area contributed by atoms with Gasteiger partial charge in [-0.3, -0.25) is 0 Å². The molecule has 1 aliphatic rings. The van der Waals surface area contributed by atoms with Crippen LogP contribution in [0, 0.1) is 0 Å². The van der Waals surface area contributed by atoms with E-state index in [1.807, 2.05) is 0 Å². The van der Waals surface area contributed by atoms with E-state index < -0.39 is 0 Å². The van der Waals surface area contributed by atoms with Gasteiger partial charge in [0, 0.05) is 20.3 Å². The first kappa shape index (κ1) is 17.6. The van der Waals surface area contributed by atoms with E-state index in [0.29, 0.717) is 39.6 Å². The minimum Gasteiger partial charge on any atom is -0.379 e. The molecule has 1 rings (SSSR count). The van der Waals surface area contributed by atoms with Crippen LogP contribution in [0.25, 0.3) is 0 Å². The quantitative estimate of drug-likeness (QED) is 0.194. The van der Waals surface area contributed by atoms with E-state index >= 15 is 0 Å². The summed E-state index contributed by atoms with van der Waals surface area (Å²) in [4.78, 5) is 0. The molecule has 2 unspecified atom stereocenters. The summed E-state index contributed by atoms with van der Waals surface area (Å²) >= 11 is 0. The van der Waals surface area contributed by atoms with Crippen LogP contribution in [0.1, 0.15) is 6.42 Å². The Morgan fingerprint density at radius 1 is 1.25 bits per heavy atom. The van der Waals surface area contributed by atoms with Gasteiger partial charge in [0.25, 0.3) is 0 Å². The molecule has 6 nitrogen and oxygen atoms in total. The van der Waals surface area contributed by atoms with Crippen molar-refractivity contribution in [3.8, 4) is 0 Å². The Bertz CT molecular complexity index is 232. The molecule has 0 amide bonds. The molecule has 0 bridgehead atoms. The Balaban J connectivity index is 1.97. The van der Waals surface area contributed by atoms with Crippen molar-refractivity contribution in [2.75, 3.05) is 60.2 Å². The molecule has 6 heteroatoms. The molecular formula is C14H26O6. The Morgan fingerprint density at radius 3 is 2.70 bits per heavy atom. The van der Waals surface area contributed by atoms with Gasteiger partial charge in [-0.25, -0.2) is 0 Å². The van der Waals surface area contributed by atoms with Crippen molar-refractivity contribution in [3.63, 3.8) is 0 Å². The van der Waals surface area contributed by atoms with Crippen LogP contribution in [0.2, 0.25) is 0 Å². The summed E-state index contributed by atoms with van der Waals surface area (Å²) < 4.78 is 31.8. The number of methoxy groups -OCH3 is 1. The van der Waals surface area contributed by atoms with Gasteiger partial charge in [0.05, 0.1) is 33.0 Å². The molecule has 0 aromatic rings. The van der Waals surface area contributed by atoms with E-state index in [1.54, 1.807) is 13.2 Å². The van der Waals surface area contributed by atoms with Crippen LogP contribution in [-0.4, -0.2) is 72.4 Å². The molecule has 0 N–H and O–H groups in total. The fourth-order valence-electron chi connectivity index (χ4n) is 1.45. The largest absolute Gasteiger partial charge is 0.379 e. The lowest BCUT2D eigenvalue weighted by Gasteiger charge is -2.17. The van der Waals surface area contributed by atoms with E-state index in [1.165, 1.54) is 0 Å². The molecule has 20 heavy (non-hydrogen) atoms. The monoisotopic (exact) mass is 290 g/mol. The molecule has 0 aromatic carbocycles. The molecule has 0 aliphatic carbocycles. The van der Waals surface area contributed by atoms with Gasteiger partial charge in [0.15, 0.2) is 0 Å². The van der Waals surface area contributed by atoms with Crippen LogP contribution < -0.4 is 0 Å². The lowest BCUT2D eigenvalue weighted by Crippen LogP contribution is -2.27. The molecule has 0 spiro atoms. The van der Waals surface area contributed by atoms with Crippen LogP contribution >= 0.6 is 0 Å². The second kappa shape index (κ2) is 12.3. The van der Waals surface area contributed by atoms with Gasteiger partial charge in [-0.2, -0.15) is 0 Å². The van der Waals surface area contributed by atoms with Crippen LogP contribution in [0.5, 0.6) is 0 Å². The first-order valence-corrected chi connectivity index (χ1v) is 6.93. The molecule has 1 aliphatic heterocycles. The lowest BCUT2D eigenvalue weighted by molar-refractivity contribution is -0.121. The average Bonchev–Trinajstić information content (AvgIpc) is 3.27. The number of ether oxygens (including phenoxy) is 6. The second-order valence-electron chi connectivity index (χ2n) is 4.48. The Hall–Kier alpha value is -0.500. The fourth-order valence-corrected chi connectivity index (χ4v) is 1.45. The maximum Gasteiger partial charge on any atom is 0.146 e. The number of hydrogen-bond acceptors (Lipinski definition) is 6. The number of rotatable bonds is 15. The van der Waals surface area contributed by atoms with E-state index in [9.17, 15) is 0 Å². The minimum absolute atomic E-state index is 0.122. The first-order valence-electron chi connectivity index (χ1n) is 6.93. The van der Waals surface area contributed by atoms with Gasteiger partial charge in [0.1, 0.15) is 19.0 Å². The zero-order valence-electron chi connectivity index (χ0n) is 12.3. The molecule has 0 radical (unpaired) electrons. The zero-order valence-corrected chi connectivity index (χ0v) is 12.3. The first-order chi connectivity index (χ1) is 9.86. The third-order valence-electron chi connectivity index (χ3n) is 2.55. The van der Waals surface area contributed by atoms with E-state index in [-0.39, 0.29) is 19.0 Å². The van der Waals surface area contributed by atoms with Crippen molar-refractivity contribution in [2.45, 2.75) is 18.6 Å². The highest BCUT2D eigenvalue weighted by molar-refractivity contribution is 4.68. The van der Waals surface area contributed by atoms with Gasteiger partial charge in [-0.1, -0.05) is 6.08 Å². The standard InChI is InChI=1S/C14H26O6/c1-3-5-16-6-4-7-17-8-13(20-12-15-2)9-18-10-14-11-19-14/h3,13-14H,1,4-12H2,2H3. The normalized spacial score (nSPS) is 18.9. The van der Waals surface area contributed by atoms with E-state index in [0.717, 1.165) is 13.0 Å². The number of epoxide rings is 1. The van der Waals surface area contributed by atoms with Crippen molar-refractivity contribution < 1.29 is 28.4 Å². The molecular weight excluding hydrogens is 264 g/mol. The summed E-state index contributed by atoms with van der Waals surface area (Å²) in [5.74, 6) is 0. The topological polar surface area (TPSA) is 58.7 Å². The third-order valence-corrected chi connectivity index (χ3v) is 2.55. The summed E-state index contributed by atoms with van der Waals surface area (Å²) in [6, 6.07) is 0. The van der Waals surface area contributed by atoms with Gasteiger partial charge >= 0.3 is 0 Å². The summed E-state index contributed by atoms with van der Waals surface area (Å²) in [5, 5.41) is 0. The molecule has 118 valence electrons. The van der Waals surface area contributed by atoms with Crippen LogP contribution in [-0.2, 0) is 28.4 Å². The van der Waals surface area contributed by atoms with Gasteiger partial charge in [-0.05, 0) is 6.42 Å². The van der Waals surface area contributed by atoms with E-state index in [4.69, 9.17) is 28.4 Å². The summed E-state index contributed by atoms with van der Waals surface area (Å²) in [6.07, 6.45) is 2.72. The molecule has 2 atom stereocenters. The van der Waals surface area contributed by atoms with E-state index in [2.05, 4.69) is 6.58 Å². The smallest absolute Gasteiger partial charge is 0.146 e. The van der Waals surface area contributed by atoms with Gasteiger partial charge < -0.3 is 28.4 Å². The third kappa shape index (κ3) is 10.3. The maximum absolute atomic E-state index is 5.55. The highest BCUT2D eigenvalue weighted by atomic mass is 16.7. The SMILES string of the molecule is C=CCOCCCOCC(COCC1CO1)OCOC. The van der Waals surface area contributed by atoms with Crippen molar-refractivity contribution in [2.24, 2.45) is 0 Å². The lowest BCUT2D eigenvalue weighted by atomic mass is 10.4. The highest BCUT2D eigenvalue weighted by Gasteiger charge is 2.23. The van der Waals surface area contributed by atoms with Crippen molar-refractivity contribution in [1.29, 1.82) is 0 Å². The van der Waals surface area contributed by atoms with Crippen LogP contribution in [0.4, 0.5) is 0 Å². The molecule has 1 fully saturated rings. The second-order valence-corrected chi connectivity index (χ2v) is 4.48. The van der Waals surface area contributed by atoms with Crippen molar-refractivity contribution in [3.05, 3.63) is 12.7 Å². The number of hydrogen-bond donors (Lipinski definition) is 0. The predicted molar refractivity (Wildman–Crippen MR) is 73.8 cm³/mol. The maximum atomic E-state index is 5.55. The minimum atomic E-state index is -0.122. The highest BCUT2D eigenvalue weighted by Crippen LogP contribution is 2.09. The fraction of sp³-hybridized carbons (Fsp3) is 0.857. The van der Waals surface area contributed by atoms with Gasteiger partial charge in [0.2, 0.25) is 0 Å². The van der Waals surface area contributed by atoms with Crippen molar-refractivity contribution in [1.82, 2.24) is 0 Å². The van der Waals surface area contributed by atoms with Crippen LogP contribution in [0.3, 0.4) is 0 Å². The molecule has 0 aromatic heterocycles.